The van der Waals surface area contributed by atoms with Gasteiger partial charge >= 0.3 is 0 Å². The molecule has 0 saturated carbocycles. The van der Waals surface area contributed by atoms with Gasteiger partial charge in [0.1, 0.15) is 10.6 Å². The van der Waals surface area contributed by atoms with Crippen LogP contribution in [0, 0.1) is 0 Å². The first-order valence-corrected chi connectivity index (χ1v) is 8.21. The first-order chi connectivity index (χ1) is 10.1. The van der Waals surface area contributed by atoms with Gasteiger partial charge in [-0.2, -0.15) is 4.37 Å². The van der Waals surface area contributed by atoms with E-state index < -0.39 is 0 Å². The zero-order chi connectivity index (χ0) is 15.7. The van der Waals surface area contributed by atoms with Crippen LogP contribution in [0.3, 0.4) is 0 Å². The van der Waals surface area contributed by atoms with Crippen molar-refractivity contribution < 1.29 is 9.53 Å². The van der Waals surface area contributed by atoms with Crippen molar-refractivity contribution in [1.29, 1.82) is 0 Å². The topological polar surface area (TPSA) is 89.3 Å². The van der Waals surface area contributed by atoms with E-state index in [9.17, 15) is 4.79 Å². The number of aromatic nitrogens is 1. The Hall–Kier alpha value is -1.34. The normalized spacial score (nSPS) is 10.9. The highest BCUT2D eigenvalue weighted by atomic mass is 32.1. The SMILES string of the molecule is CCCCOCCCNc1snc(N)c1C(=O)NC(C)C. The molecule has 0 aromatic carbocycles. The largest absolute Gasteiger partial charge is 0.382 e. The van der Waals surface area contributed by atoms with Gasteiger partial charge in [-0.25, -0.2) is 0 Å². The summed E-state index contributed by atoms with van der Waals surface area (Å²) >= 11 is 1.22. The maximum atomic E-state index is 12.1. The van der Waals surface area contributed by atoms with Gasteiger partial charge in [0.05, 0.1) is 0 Å². The fraction of sp³-hybridized carbons (Fsp3) is 0.714. The van der Waals surface area contributed by atoms with E-state index in [1.54, 1.807) is 0 Å². The Morgan fingerprint density at radius 3 is 2.76 bits per heavy atom. The molecule has 1 rings (SSSR count). The van der Waals surface area contributed by atoms with Gasteiger partial charge in [0.2, 0.25) is 0 Å². The molecule has 0 unspecified atom stereocenters. The van der Waals surface area contributed by atoms with E-state index in [-0.39, 0.29) is 17.8 Å². The average molecular weight is 314 g/mol. The summed E-state index contributed by atoms with van der Waals surface area (Å²) in [5.41, 5.74) is 6.22. The van der Waals surface area contributed by atoms with Crippen molar-refractivity contribution in [2.75, 3.05) is 30.8 Å². The Kier molecular flexibility index (Phi) is 8.07. The summed E-state index contributed by atoms with van der Waals surface area (Å²) in [5, 5.41) is 6.77. The van der Waals surface area contributed by atoms with Gasteiger partial charge in [0, 0.05) is 25.8 Å². The van der Waals surface area contributed by atoms with Crippen LogP contribution in [-0.4, -0.2) is 36.1 Å². The van der Waals surface area contributed by atoms with Crippen molar-refractivity contribution in [3.8, 4) is 0 Å². The quantitative estimate of drug-likeness (QED) is 0.577. The predicted octanol–water partition coefficient (Wildman–Crippen LogP) is 2.48. The van der Waals surface area contributed by atoms with E-state index >= 15 is 0 Å². The van der Waals surface area contributed by atoms with Gasteiger partial charge < -0.3 is 21.1 Å². The molecule has 1 amide bonds. The van der Waals surface area contributed by atoms with Gasteiger partial charge in [-0.1, -0.05) is 13.3 Å². The zero-order valence-electron chi connectivity index (χ0n) is 13.1. The molecule has 4 N–H and O–H groups in total. The molecule has 120 valence electrons. The van der Waals surface area contributed by atoms with Crippen LogP contribution in [0.1, 0.15) is 50.4 Å². The highest BCUT2D eigenvalue weighted by Crippen LogP contribution is 2.26. The number of unbranched alkanes of at least 4 members (excludes halogenated alkanes) is 1. The van der Waals surface area contributed by atoms with Crippen molar-refractivity contribution in [3.63, 3.8) is 0 Å². The number of hydrogen-bond donors (Lipinski definition) is 3. The molecule has 0 aliphatic carbocycles. The summed E-state index contributed by atoms with van der Waals surface area (Å²) < 4.78 is 9.54. The van der Waals surface area contributed by atoms with Crippen LogP contribution in [-0.2, 0) is 4.74 Å². The number of nitrogens with two attached hydrogens (primary N) is 1. The number of anilines is 2. The second-order valence-electron chi connectivity index (χ2n) is 5.15. The van der Waals surface area contributed by atoms with E-state index in [1.165, 1.54) is 11.5 Å². The molecule has 0 atom stereocenters. The average Bonchev–Trinajstić information content (AvgIpc) is 2.78. The number of carbonyl (C=O) groups excluding carboxylic acids is 1. The second-order valence-corrected chi connectivity index (χ2v) is 5.92. The highest BCUT2D eigenvalue weighted by molar-refractivity contribution is 7.11. The molecular weight excluding hydrogens is 288 g/mol. The van der Waals surface area contributed by atoms with Crippen molar-refractivity contribution >= 4 is 28.3 Å². The van der Waals surface area contributed by atoms with E-state index in [0.717, 1.165) is 44.0 Å². The summed E-state index contributed by atoms with van der Waals surface area (Å²) in [5.74, 6) is 0.0952. The van der Waals surface area contributed by atoms with Crippen LogP contribution in [0.4, 0.5) is 10.8 Å². The molecular formula is C14H26N4O2S. The van der Waals surface area contributed by atoms with E-state index in [2.05, 4.69) is 21.9 Å². The summed E-state index contributed by atoms with van der Waals surface area (Å²) in [6.07, 6.45) is 3.12. The third-order valence-electron chi connectivity index (χ3n) is 2.76. The third-order valence-corrected chi connectivity index (χ3v) is 3.58. The minimum Gasteiger partial charge on any atom is -0.382 e. The Bertz CT molecular complexity index is 435. The smallest absolute Gasteiger partial charge is 0.258 e. The van der Waals surface area contributed by atoms with Gasteiger partial charge in [-0.3, -0.25) is 4.79 Å². The number of carbonyl (C=O) groups is 1. The van der Waals surface area contributed by atoms with Crippen LogP contribution in [0.5, 0.6) is 0 Å². The molecule has 1 aromatic heterocycles. The molecule has 1 heterocycles. The monoisotopic (exact) mass is 314 g/mol. The van der Waals surface area contributed by atoms with Crippen molar-refractivity contribution in [2.24, 2.45) is 0 Å². The maximum Gasteiger partial charge on any atom is 0.258 e. The first kappa shape index (κ1) is 17.7. The standard InChI is InChI=1S/C14H26N4O2S/c1-4-5-8-20-9-6-7-16-14-11(12(15)18-21-14)13(19)17-10(2)3/h10,16H,4-9H2,1-3H3,(H2,15,18)(H,17,19). The lowest BCUT2D eigenvalue weighted by Crippen LogP contribution is -2.30. The van der Waals surface area contributed by atoms with Gasteiger partial charge in [-0.15, -0.1) is 0 Å². The van der Waals surface area contributed by atoms with Gasteiger partial charge in [0.25, 0.3) is 5.91 Å². The predicted molar refractivity (Wildman–Crippen MR) is 88.0 cm³/mol. The minimum atomic E-state index is -0.182. The van der Waals surface area contributed by atoms with E-state index in [0.29, 0.717) is 5.56 Å². The summed E-state index contributed by atoms with van der Waals surface area (Å²) in [6, 6.07) is 0.0663. The highest BCUT2D eigenvalue weighted by Gasteiger charge is 2.19. The molecule has 0 spiro atoms. The number of nitrogens with zero attached hydrogens (tertiary/aromatic N) is 1. The number of rotatable bonds is 10. The van der Waals surface area contributed by atoms with Crippen LogP contribution in [0.25, 0.3) is 0 Å². The number of nitrogen functional groups attached to an aromatic ring is 1. The molecule has 0 bridgehead atoms. The number of amides is 1. The molecule has 0 fully saturated rings. The van der Waals surface area contributed by atoms with Crippen molar-refractivity contribution in [2.45, 2.75) is 46.1 Å². The van der Waals surface area contributed by atoms with Crippen LogP contribution in [0.2, 0.25) is 0 Å². The van der Waals surface area contributed by atoms with Crippen LogP contribution >= 0.6 is 11.5 Å². The second kappa shape index (κ2) is 9.57. The number of ether oxygens (including phenoxy) is 1. The lowest BCUT2D eigenvalue weighted by atomic mass is 10.2. The lowest BCUT2D eigenvalue weighted by Gasteiger charge is -2.10. The van der Waals surface area contributed by atoms with Crippen LogP contribution < -0.4 is 16.4 Å². The minimum absolute atomic E-state index is 0.0663. The number of nitrogens with one attached hydrogen (secondary N) is 2. The molecule has 1 aromatic rings. The molecule has 0 aliphatic heterocycles. The Morgan fingerprint density at radius 1 is 1.38 bits per heavy atom. The summed E-state index contributed by atoms with van der Waals surface area (Å²) in [4.78, 5) is 12.1. The molecule has 6 nitrogen and oxygen atoms in total. The molecule has 0 aliphatic rings. The first-order valence-electron chi connectivity index (χ1n) is 7.43. The molecule has 21 heavy (non-hydrogen) atoms. The molecule has 0 saturated heterocycles. The van der Waals surface area contributed by atoms with Gasteiger partial charge in [0.15, 0.2) is 5.82 Å². The van der Waals surface area contributed by atoms with E-state index in [4.69, 9.17) is 10.5 Å². The fourth-order valence-electron chi connectivity index (χ4n) is 1.70. The summed E-state index contributed by atoms with van der Waals surface area (Å²) in [6.45, 7) is 8.22. The maximum absolute atomic E-state index is 12.1. The Morgan fingerprint density at radius 2 is 2.10 bits per heavy atom. The van der Waals surface area contributed by atoms with Crippen LogP contribution in [0.15, 0.2) is 0 Å². The zero-order valence-corrected chi connectivity index (χ0v) is 13.9. The number of hydrogen-bond acceptors (Lipinski definition) is 6. The molecule has 0 radical (unpaired) electrons. The van der Waals surface area contributed by atoms with E-state index in [1.807, 2.05) is 13.8 Å². The summed E-state index contributed by atoms with van der Waals surface area (Å²) in [7, 11) is 0. The third kappa shape index (κ3) is 6.31. The van der Waals surface area contributed by atoms with Crippen molar-refractivity contribution in [1.82, 2.24) is 9.69 Å². The van der Waals surface area contributed by atoms with Gasteiger partial charge in [-0.05, 0) is 38.2 Å². The lowest BCUT2D eigenvalue weighted by molar-refractivity contribution is 0.0945. The fourth-order valence-corrected chi connectivity index (χ4v) is 2.44. The Balaban J connectivity index is 2.40. The molecule has 7 heteroatoms. The van der Waals surface area contributed by atoms with Crippen molar-refractivity contribution in [3.05, 3.63) is 5.56 Å². The Labute approximate surface area is 130 Å².